The lowest BCUT2D eigenvalue weighted by Gasteiger charge is -2.24. The molecule has 1 aromatic heterocycles. The highest BCUT2D eigenvalue weighted by atomic mass is 35.5. The summed E-state index contributed by atoms with van der Waals surface area (Å²) < 4.78 is 0. The molecule has 0 fully saturated rings. The average Bonchev–Trinajstić information content (AvgIpc) is 2.58. The molecule has 0 bridgehead atoms. The number of amides is 1. The number of nitrogens with zero attached hydrogens (tertiary/aromatic N) is 3. The number of para-hydroxylation sites is 1. The summed E-state index contributed by atoms with van der Waals surface area (Å²) >= 11 is 5.89. The van der Waals surface area contributed by atoms with E-state index in [1.54, 1.807) is 0 Å². The Morgan fingerprint density at radius 2 is 2.10 bits per heavy atom. The predicted molar refractivity (Wildman–Crippen MR) is 78.3 cm³/mol. The smallest absolute Gasteiger partial charge is 0.229 e. The molecule has 1 aliphatic rings. The maximum atomic E-state index is 12.0. The van der Waals surface area contributed by atoms with Crippen molar-refractivity contribution in [1.29, 1.82) is 0 Å². The second-order valence-corrected chi connectivity index (χ2v) is 5.05. The van der Waals surface area contributed by atoms with Crippen molar-refractivity contribution in [3.63, 3.8) is 0 Å². The van der Waals surface area contributed by atoms with Gasteiger partial charge in [0, 0.05) is 12.2 Å². The Balaban J connectivity index is 2.13. The molecule has 0 spiro atoms. The summed E-state index contributed by atoms with van der Waals surface area (Å²) in [5.74, 6) is 0.410. The first-order valence-corrected chi connectivity index (χ1v) is 6.69. The summed E-state index contributed by atoms with van der Waals surface area (Å²) in [7, 11) is 0. The molecule has 1 amide bonds. The van der Waals surface area contributed by atoms with Crippen LogP contribution in [0.15, 0.2) is 36.5 Å². The highest BCUT2D eigenvalue weighted by Gasteiger charge is 2.27. The van der Waals surface area contributed by atoms with E-state index in [1.807, 2.05) is 42.2 Å². The Labute approximate surface area is 121 Å². The first-order chi connectivity index (χ1) is 9.65. The van der Waals surface area contributed by atoms with Gasteiger partial charge in [-0.1, -0.05) is 25.1 Å². The minimum absolute atomic E-state index is 0.0457. The van der Waals surface area contributed by atoms with Gasteiger partial charge in [-0.3, -0.25) is 4.79 Å². The average molecular weight is 289 g/mol. The van der Waals surface area contributed by atoms with Crippen LogP contribution < -0.4 is 10.2 Å². The fraction of sp³-hybridized carbons (Fsp3) is 0.214. The van der Waals surface area contributed by atoms with Gasteiger partial charge in [0.2, 0.25) is 11.2 Å². The highest BCUT2D eigenvalue weighted by Crippen LogP contribution is 2.33. The molecule has 1 aliphatic heterocycles. The molecule has 5 nitrogen and oxygen atoms in total. The van der Waals surface area contributed by atoms with E-state index in [-0.39, 0.29) is 17.1 Å². The van der Waals surface area contributed by atoms with Crippen molar-refractivity contribution in [3.8, 4) is 0 Å². The first-order valence-electron chi connectivity index (χ1n) is 6.31. The van der Waals surface area contributed by atoms with Crippen LogP contribution in [0.25, 0.3) is 0 Å². The number of nitrogens with one attached hydrogen (secondary N) is 1. The van der Waals surface area contributed by atoms with Crippen molar-refractivity contribution < 1.29 is 4.79 Å². The number of hydrogen-bond acceptors (Lipinski definition) is 4. The maximum Gasteiger partial charge on any atom is 0.229 e. The van der Waals surface area contributed by atoms with Gasteiger partial charge >= 0.3 is 0 Å². The number of anilines is 3. The molecule has 0 aliphatic carbocycles. The Bertz CT molecular complexity index is 647. The van der Waals surface area contributed by atoms with E-state index in [1.165, 1.54) is 6.20 Å². The lowest BCUT2D eigenvalue weighted by Crippen LogP contribution is -2.27. The van der Waals surface area contributed by atoms with Crippen LogP contribution in [0.1, 0.15) is 6.92 Å². The Kier molecular flexibility index (Phi) is 3.28. The summed E-state index contributed by atoms with van der Waals surface area (Å²) in [4.78, 5) is 22.2. The number of halogens is 1. The van der Waals surface area contributed by atoms with E-state index >= 15 is 0 Å². The van der Waals surface area contributed by atoms with Crippen LogP contribution in [0.2, 0.25) is 5.28 Å². The van der Waals surface area contributed by atoms with Gasteiger partial charge in [0.15, 0.2) is 5.82 Å². The van der Waals surface area contributed by atoms with Crippen molar-refractivity contribution in [3.05, 3.63) is 41.8 Å². The predicted octanol–water partition coefficient (Wildman–Crippen LogP) is 2.86. The van der Waals surface area contributed by atoms with Crippen LogP contribution >= 0.6 is 11.6 Å². The Hall–Kier alpha value is -2.14. The molecule has 6 heteroatoms. The van der Waals surface area contributed by atoms with Gasteiger partial charge in [-0.2, -0.15) is 4.98 Å². The Morgan fingerprint density at radius 1 is 1.35 bits per heavy atom. The van der Waals surface area contributed by atoms with Gasteiger partial charge < -0.3 is 10.2 Å². The van der Waals surface area contributed by atoms with Crippen LogP contribution in [0.3, 0.4) is 0 Å². The number of hydrogen-bond donors (Lipinski definition) is 1. The topological polar surface area (TPSA) is 58.1 Å². The summed E-state index contributed by atoms with van der Waals surface area (Å²) in [6, 6.07) is 9.79. The molecular formula is C14H13ClN4O. The fourth-order valence-electron chi connectivity index (χ4n) is 2.18. The van der Waals surface area contributed by atoms with Gasteiger partial charge in [-0.25, -0.2) is 4.98 Å². The summed E-state index contributed by atoms with van der Waals surface area (Å²) in [6.07, 6.45) is 1.54. The SMILES string of the molecule is CC1CN(c2ccccc2)c2nc(Cl)ncc2NC1=O. The quantitative estimate of drug-likeness (QED) is 0.820. The zero-order valence-electron chi connectivity index (χ0n) is 10.9. The van der Waals surface area contributed by atoms with E-state index in [9.17, 15) is 4.79 Å². The summed E-state index contributed by atoms with van der Waals surface area (Å²) in [6.45, 7) is 2.42. The molecule has 2 aromatic rings. The number of fused-ring (bicyclic) bond motifs is 1. The number of carbonyl (C=O) groups is 1. The lowest BCUT2D eigenvalue weighted by atomic mass is 10.1. The highest BCUT2D eigenvalue weighted by molar-refractivity contribution is 6.28. The molecule has 0 radical (unpaired) electrons. The second-order valence-electron chi connectivity index (χ2n) is 4.71. The lowest BCUT2D eigenvalue weighted by molar-refractivity contribution is -0.119. The number of rotatable bonds is 1. The standard InChI is InChI=1S/C14H13ClN4O/c1-9-8-19(10-5-3-2-4-6-10)12-11(17-13(9)20)7-16-14(15)18-12/h2-7,9H,8H2,1H3,(H,17,20). The van der Waals surface area contributed by atoms with Crippen LogP contribution in [0, 0.1) is 5.92 Å². The van der Waals surface area contributed by atoms with Gasteiger partial charge in [0.1, 0.15) is 5.69 Å². The van der Waals surface area contributed by atoms with Crippen LogP contribution in [-0.4, -0.2) is 22.4 Å². The van der Waals surface area contributed by atoms with Gasteiger partial charge in [-0.05, 0) is 23.7 Å². The van der Waals surface area contributed by atoms with Crippen molar-refractivity contribution in [2.24, 2.45) is 5.92 Å². The molecule has 1 aromatic carbocycles. The maximum absolute atomic E-state index is 12.0. The van der Waals surface area contributed by atoms with E-state index < -0.39 is 0 Å². The van der Waals surface area contributed by atoms with E-state index in [0.29, 0.717) is 18.1 Å². The van der Waals surface area contributed by atoms with E-state index in [2.05, 4.69) is 15.3 Å². The summed E-state index contributed by atoms with van der Waals surface area (Å²) in [5.41, 5.74) is 1.54. The number of carbonyl (C=O) groups excluding carboxylic acids is 1. The summed E-state index contributed by atoms with van der Waals surface area (Å²) in [5, 5.41) is 3.00. The van der Waals surface area contributed by atoms with Crippen LogP contribution in [-0.2, 0) is 4.79 Å². The van der Waals surface area contributed by atoms with Crippen molar-refractivity contribution >= 4 is 34.7 Å². The fourth-order valence-corrected chi connectivity index (χ4v) is 2.31. The second kappa shape index (κ2) is 5.09. The van der Waals surface area contributed by atoms with E-state index in [0.717, 1.165) is 5.69 Å². The number of benzene rings is 1. The molecule has 1 unspecified atom stereocenters. The number of aromatic nitrogens is 2. The van der Waals surface area contributed by atoms with Crippen LogP contribution in [0.4, 0.5) is 17.2 Å². The molecule has 1 N–H and O–H groups in total. The third-order valence-corrected chi connectivity index (χ3v) is 3.41. The molecule has 3 rings (SSSR count). The largest absolute Gasteiger partial charge is 0.324 e. The molecule has 102 valence electrons. The normalized spacial score (nSPS) is 18.2. The zero-order chi connectivity index (χ0) is 14.1. The molecule has 0 saturated carbocycles. The van der Waals surface area contributed by atoms with Gasteiger partial charge in [0.05, 0.1) is 12.1 Å². The van der Waals surface area contributed by atoms with Crippen molar-refractivity contribution in [2.45, 2.75) is 6.92 Å². The van der Waals surface area contributed by atoms with E-state index in [4.69, 9.17) is 11.6 Å². The zero-order valence-corrected chi connectivity index (χ0v) is 11.6. The van der Waals surface area contributed by atoms with Crippen molar-refractivity contribution in [1.82, 2.24) is 9.97 Å². The third kappa shape index (κ3) is 2.32. The molecule has 20 heavy (non-hydrogen) atoms. The monoisotopic (exact) mass is 288 g/mol. The van der Waals surface area contributed by atoms with Gasteiger partial charge in [0.25, 0.3) is 0 Å². The van der Waals surface area contributed by atoms with Crippen molar-refractivity contribution in [2.75, 3.05) is 16.8 Å². The third-order valence-electron chi connectivity index (χ3n) is 3.22. The van der Waals surface area contributed by atoms with Crippen LogP contribution in [0.5, 0.6) is 0 Å². The Morgan fingerprint density at radius 3 is 2.85 bits per heavy atom. The molecule has 2 heterocycles. The molecular weight excluding hydrogens is 276 g/mol. The first kappa shape index (κ1) is 12.9. The molecule has 1 atom stereocenters. The van der Waals surface area contributed by atoms with Gasteiger partial charge in [-0.15, -0.1) is 0 Å². The minimum atomic E-state index is -0.164. The molecule has 0 saturated heterocycles. The minimum Gasteiger partial charge on any atom is -0.324 e.